The summed E-state index contributed by atoms with van der Waals surface area (Å²) in [4.78, 5) is 22.5. The SMILES string of the molecule is CCC(=O)CC(=O)c1cc(Cl)sc1Cl. The first-order valence-corrected chi connectivity index (χ1v) is 5.61. The van der Waals surface area contributed by atoms with Crippen molar-refractivity contribution in [1.82, 2.24) is 0 Å². The lowest BCUT2D eigenvalue weighted by molar-refractivity contribution is -0.117. The Morgan fingerprint density at radius 3 is 2.50 bits per heavy atom. The summed E-state index contributed by atoms with van der Waals surface area (Å²) in [5, 5.41) is 0. The van der Waals surface area contributed by atoms with Gasteiger partial charge in [-0.15, -0.1) is 11.3 Å². The van der Waals surface area contributed by atoms with Crippen LogP contribution in [-0.4, -0.2) is 11.6 Å². The lowest BCUT2D eigenvalue weighted by Gasteiger charge is -1.95. The second-order valence-corrected chi connectivity index (χ2v) is 5.02. The van der Waals surface area contributed by atoms with E-state index in [9.17, 15) is 9.59 Å². The maximum atomic E-state index is 11.5. The summed E-state index contributed by atoms with van der Waals surface area (Å²) >= 11 is 12.6. The highest BCUT2D eigenvalue weighted by atomic mass is 35.5. The minimum absolute atomic E-state index is 0.0895. The molecule has 14 heavy (non-hydrogen) atoms. The van der Waals surface area contributed by atoms with Gasteiger partial charge in [-0.1, -0.05) is 30.1 Å². The van der Waals surface area contributed by atoms with Crippen molar-refractivity contribution in [3.05, 3.63) is 20.3 Å². The summed E-state index contributed by atoms with van der Waals surface area (Å²) in [6.07, 6.45) is 0.268. The maximum Gasteiger partial charge on any atom is 0.172 e. The van der Waals surface area contributed by atoms with E-state index in [1.165, 1.54) is 6.07 Å². The van der Waals surface area contributed by atoms with E-state index in [0.717, 1.165) is 11.3 Å². The molecule has 0 N–H and O–H groups in total. The zero-order valence-corrected chi connectivity index (χ0v) is 9.80. The molecule has 0 radical (unpaired) electrons. The number of carbonyl (C=O) groups excluding carboxylic acids is 2. The molecule has 0 aromatic carbocycles. The van der Waals surface area contributed by atoms with Crippen molar-refractivity contribution < 1.29 is 9.59 Å². The first-order valence-electron chi connectivity index (χ1n) is 4.04. The average molecular weight is 251 g/mol. The van der Waals surface area contributed by atoms with E-state index in [1.54, 1.807) is 6.92 Å². The summed E-state index contributed by atoms with van der Waals surface area (Å²) in [6.45, 7) is 1.72. The Balaban J connectivity index is 2.79. The Morgan fingerprint density at radius 1 is 1.43 bits per heavy atom. The normalized spacial score (nSPS) is 10.2. The highest BCUT2D eigenvalue weighted by Crippen LogP contribution is 2.31. The van der Waals surface area contributed by atoms with Crippen LogP contribution in [0.25, 0.3) is 0 Å². The summed E-state index contributed by atoms with van der Waals surface area (Å²) in [5.74, 6) is -0.349. The Kier molecular flexibility index (Phi) is 4.11. The smallest absolute Gasteiger partial charge is 0.172 e. The van der Waals surface area contributed by atoms with Gasteiger partial charge in [0.15, 0.2) is 5.78 Å². The van der Waals surface area contributed by atoms with Gasteiger partial charge in [0.2, 0.25) is 0 Å². The molecule has 0 unspecified atom stereocenters. The van der Waals surface area contributed by atoms with Crippen LogP contribution in [0.15, 0.2) is 6.07 Å². The highest BCUT2D eigenvalue weighted by molar-refractivity contribution is 7.20. The molecule has 0 aliphatic carbocycles. The van der Waals surface area contributed by atoms with E-state index in [2.05, 4.69) is 0 Å². The molecule has 5 heteroatoms. The fourth-order valence-electron chi connectivity index (χ4n) is 0.930. The first kappa shape index (κ1) is 11.7. The number of hydrogen-bond donors (Lipinski definition) is 0. The number of Topliss-reactive ketones (excluding diaryl/α,β-unsaturated/α-hetero) is 2. The number of hydrogen-bond acceptors (Lipinski definition) is 3. The van der Waals surface area contributed by atoms with Gasteiger partial charge in [0, 0.05) is 12.0 Å². The van der Waals surface area contributed by atoms with Crippen LogP contribution in [0.3, 0.4) is 0 Å². The molecule has 2 nitrogen and oxygen atoms in total. The van der Waals surface area contributed by atoms with E-state index >= 15 is 0 Å². The molecule has 1 rings (SSSR count). The van der Waals surface area contributed by atoms with Gasteiger partial charge < -0.3 is 0 Å². The molecule has 1 heterocycles. The van der Waals surface area contributed by atoms with Crippen molar-refractivity contribution in [3.8, 4) is 0 Å². The first-order chi connectivity index (χ1) is 6.54. The number of ketones is 2. The van der Waals surface area contributed by atoms with E-state index in [0.29, 0.717) is 20.7 Å². The van der Waals surface area contributed by atoms with E-state index in [-0.39, 0.29) is 18.0 Å². The van der Waals surface area contributed by atoms with E-state index in [1.807, 2.05) is 0 Å². The Hall–Kier alpha value is -0.380. The van der Waals surface area contributed by atoms with Gasteiger partial charge in [0.25, 0.3) is 0 Å². The lowest BCUT2D eigenvalue weighted by Crippen LogP contribution is -2.06. The molecule has 0 bridgehead atoms. The van der Waals surface area contributed by atoms with Crippen molar-refractivity contribution in [3.63, 3.8) is 0 Å². The predicted molar refractivity (Wildman–Crippen MR) is 58.6 cm³/mol. The topological polar surface area (TPSA) is 34.1 Å². The Morgan fingerprint density at radius 2 is 2.07 bits per heavy atom. The molecule has 1 aromatic rings. The molecular weight excluding hydrogens is 243 g/mol. The average Bonchev–Trinajstić information content (AvgIpc) is 2.45. The summed E-state index contributed by atoms with van der Waals surface area (Å²) < 4.78 is 0.811. The second-order valence-electron chi connectivity index (χ2n) is 2.73. The van der Waals surface area contributed by atoms with Gasteiger partial charge in [0.1, 0.15) is 10.1 Å². The molecule has 0 fully saturated rings. The van der Waals surface area contributed by atoms with Crippen LogP contribution in [0.2, 0.25) is 8.67 Å². The van der Waals surface area contributed by atoms with Crippen molar-refractivity contribution in [2.75, 3.05) is 0 Å². The molecule has 0 saturated carbocycles. The Bertz CT molecular complexity index is 371. The fourth-order valence-corrected chi connectivity index (χ4v) is 2.43. The van der Waals surface area contributed by atoms with Crippen molar-refractivity contribution in [2.24, 2.45) is 0 Å². The fraction of sp³-hybridized carbons (Fsp3) is 0.333. The standard InChI is InChI=1S/C9H8Cl2O2S/c1-2-5(12)3-7(13)6-4-8(10)14-9(6)11/h4H,2-3H2,1H3. The van der Waals surface area contributed by atoms with Crippen LogP contribution >= 0.6 is 34.5 Å². The third-order valence-corrected chi connectivity index (χ3v) is 3.20. The van der Waals surface area contributed by atoms with Crippen LogP contribution in [0.1, 0.15) is 30.1 Å². The van der Waals surface area contributed by atoms with Crippen LogP contribution in [0, 0.1) is 0 Å². The van der Waals surface area contributed by atoms with Gasteiger partial charge in [-0.05, 0) is 6.07 Å². The van der Waals surface area contributed by atoms with Crippen molar-refractivity contribution >= 4 is 46.1 Å². The number of carbonyl (C=O) groups is 2. The number of halogens is 2. The number of rotatable bonds is 4. The third-order valence-electron chi connectivity index (χ3n) is 1.71. The van der Waals surface area contributed by atoms with Gasteiger partial charge in [-0.25, -0.2) is 0 Å². The molecule has 0 spiro atoms. The van der Waals surface area contributed by atoms with Crippen LogP contribution < -0.4 is 0 Å². The zero-order chi connectivity index (χ0) is 10.7. The van der Waals surface area contributed by atoms with Crippen molar-refractivity contribution in [1.29, 1.82) is 0 Å². The van der Waals surface area contributed by atoms with Crippen LogP contribution in [0.5, 0.6) is 0 Å². The summed E-state index contributed by atoms with van der Waals surface area (Å²) in [7, 11) is 0. The molecule has 76 valence electrons. The van der Waals surface area contributed by atoms with Gasteiger partial charge in [0.05, 0.1) is 10.8 Å². The molecule has 0 aliphatic rings. The molecule has 1 aromatic heterocycles. The third kappa shape index (κ3) is 2.80. The quantitative estimate of drug-likeness (QED) is 0.605. The lowest BCUT2D eigenvalue weighted by atomic mass is 10.1. The van der Waals surface area contributed by atoms with Crippen LogP contribution in [-0.2, 0) is 4.79 Å². The molecular formula is C9H8Cl2O2S. The van der Waals surface area contributed by atoms with Gasteiger partial charge >= 0.3 is 0 Å². The van der Waals surface area contributed by atoms with Crippen molar-refractivity contribution in [2.45, 2.75) is 19.8 Å². The van der Waals surface area contributed by atoms with Crippen LogP contribution in [0.4, 0.5) is 0 Å². The second kappa shape index (κ2) is 4.91. The summed E-state index contributed by atoms with van der Waals surface area (Å²) in [6, 6.07) is 1.50. The number of thiophene rings is 1. The molecule has 0 atom stereocenters. The summed E-state index contributed by atoms with van der Waals surface area (Å²) in [5.41, 5.74) is 0.350. The molecule has 0 saturated heterocycles. The minimum atomic E-state index is -0.259. The molecule has 0 amide bonds. The predicted octanol–water partition coefficient (Wildman–Crippen LogP) is 3.61. The van der Waals surface area contributed by atoms with Gasteiger partial charge in [-0.3, -0.25) is 9.59 Å². The largest absolute Gasteiger partial charge is 0.299 e. The van der Waals surface area contributed by atoms with E-state index < -0.39 is 0 Å². The minimum Gasteiger partial charge on any atom is -0.299 e. The molecule has 0 aliphatic heterocycles. The Labute approximate surface area is 95.8 Å². The van der Waals surface area contributed by atoms with Gasteiger partial charge in [-0.2, -0.15) is 0 Å². The monoisotopic (exact) mass is 250 g/mol. The zero-order valence-electron chi connectivity index (χ0n) is 7.47. The highest BCUT2D eigenvalue weighted by Gasteiger charge is 2.16. The van der Waals surface area contributed by atoms with E-state index in [4.69, 9.17) is 23.2 Å². The maximum absolute atomic E-state index is 11.5.